The van der Waals surface area contributed by atoms with Crippen LogP contribution in [0.4, 0.5) is 17.5 Å². The van der Waals surface area contributed by atoms with Gasteiger partial charge in [0.05, 0.1) is 5.56 Å². The highest BCUT2D eigenvalue weighted by molar-refractivity contribution is 7.90. The minimum atomic E-state index is -4.20. The van der Waals surface area contributed by atoms with E-state index in [1.165, 1.54) is 18.9 Å². The number of pyridine rings is 2. The van der Waals surface area contributed by atoms with Gasteiger partial charge < -0.3 is 15.0 Å². The predicted octanol–water partition coefficient (Wildman–Crippen LogP) is 3.65. The number of hydrazine groups is 1. The summed E-state index contributed by atoms with van der Waals surface area (Å²) in [6.07, 6.45) is 7.23. The van der Waals surface area contributed by atoms with Crippen LogP contribution in [0.2, 0.25) is 0 Å². The number of hydrogen-bond donors (Lipinski definition) is 3. The number of carbonyl (C=O) groups excluding carboxylic acids is 1. The van der Waals surface area contributed by atoms with Crippen molar-refractivity contribution >= 4 is 33.4 Å². The van der Waals surface area contributed by atoms with E-state index >= 15 is 0 Å². The van der Waals surface area contributed by atoms with E-state index in [0.717, 1.165) is 51.8 Å². The van der Waals surface area contributed by atoms with E-state index in [0.29, 0.717) is 35.3 Å². The van der Waals surface area contributed by atoms with E-state index in [9.17, 15) is 13.2 Å². The normalized spacial score (nSPS) is 26.4. The van der Waals surface area contributed by atoms with Crippen molar-refractivity contribution in [3.05, 3.63) is 35.9 Å². The van der Waals surface area contributed by atoms with Gasteiger partial charge in [-0.3, -0.25) is 9.80 Å². The third-order valence-electron chi connectivity index (χ3n) is 8.96. The Labute approximate surface area is 242 Å². The van der Waals surface area contributed by atoms with Crippen LogP contribution < -0.4 is 25.4 Å². The first-order valence-electron chi connectivity index (χ1n) is 14.7. The van der Waals surface area contributed by atoms with E-state index in [-0.39, 0.29) is 22.4 Å². The number of anilines is 3. The Kier molecular flexibility index (Phi) is 7.36. The number of hydrogen-bond acceptors (Lipinski definition) is 10. The lowest BCUT2D eigenvalue weighted by atomic mass is 9.93. The molecule has 0 spiro atoms. The van der Waals surface area contributed by atoms with Crippen LogP contribution in [0.5, 0.6) is 0 Å². The lowest BCUT2D eigenvalue weighted by Gasteiger charge is -2.34. The third kappa shape index (κ3) is 6.14. The van der Waals surface area contributed by atoms with Crippen molar-refractivity contribution in [2.45, 2.75) is 82.5 Å². The maximum Gasteiger partial charge on any atom is 0.281 e. The number of carbonyl (C=O) groups is 1. The summed E-state index contributed by atoms with van der Waals surface area (Å²) in [6.45, 7) is 9.49. The summed E-state index contributed by atoms with van der Waals surface area (Å²) < 4.78 is 34.7. The Balaban J connectivity index is 1.29. The van der Waals surface area contributed by atoms with Crippen molar-refractivity contribution in [2.75, 3.05) is 41.5 Å². The molecule has 6 rings (SSSR count). The van der Waals surface area contributed by atoms with Gasteiger partial charge in [-0.2, -0.15) is 8.42 Å². The molecular weight excluding hydrogens is 542 g/mol. The molecule has 3 aliphatic heterocycles. The Morgan fingerprint density at radius 2 is 1.93 bits per heavy atom. The van der Waals surface area contributed by atoms with Crippen LogP contribution >= 0.6 is 0 Å². The molecule has 2 aromatic rings. The lowest BCUT2D eigenvalue weighted by molar-refractivity contribution is 0.0339. The minimum absolute atomic E-state index is 0.0883. The highest BCUT2D eigenvalue weighted by Gasteiger charge is 2.41. The Hall–Kier alpha value is -2.96. The number of ether oxygens (including phenoxy) is 1. The molecule has 222 valence electrons. The Morgan fingerprint density at radius 1 is 1.10 bits per heavy atom. The summed E-state index contributed by atoms with van der Waals surface area (Å²) in [6, 6.07) is 8.19. The zero-order valence-electron chi connectivity index (χ0n) is 24.1. The summed E-state index contributed by atoms with van der Waals surface area (Å²) in [5, 5.41) is 4.99. The standard InChI is InChI=1S/C29H41N7O4S/c1-28(2)18-20-6-5-15-30-22-7-4-8-25(31-22)41(38,39)34-27(37)21-9-10-23(32-26(21)35(28)19-20)36-16-11-24(33-36)40-17-14-29(3)12-13-29/h4,7-10,20,24,33H,5-6,11-19H2,1-3H3,(H,30,31)(H,34,37)/t20-,24?/m0/s1. The topological polar surface area (TPSA) is 129 Å². The van der Waals surface area contributed by atoms with Crippen molar-refractivity contribution in [1.29, 1.82) is 0 Å². The summed E-state index contributed by atoms with van der Waals surface area (Å²) in [5.74, 6) is 1.33. The quantitative estimate of drug-likeness (QED) is 0.480. The molecule has 1 unspecified atom stereocenters. The van der Waals surface area contributed by atoms with Crippen LogP contribution in [-0.4, -0.2) is 62.3 Å². The number of aromatic nitrogens is 2. The van der Waals surface area contributed by atoms with Crippen molar-refractivity contribution in [3.63, 3.8) is 0 Å². The molecule has 1 aliphatic carbocycles. The molecule has 12 heteroatoms. The first-order valence-corrected chi connectivity index (χ1v) is 16.2. The maximum absolute atomic E-state index is 13.6. The highest BCUT2D eigenvalue weighted by Crippen LogP contribution is 2.48. The van der Waals surface area contributed by atoms with Gasteiger partial charge >= 0.3 is 0 Å². The average Bonchev–Trinajstić information content (AvgIpc) is 3.33. The van der Waals surface area contributed by atoms with E-state index in [4.69, 9.17) is 9.72 Å². The molecule has 11 nitrogen and oxygen atoms in total. The summed E-state index contributed by atoms with van der Waals surface area (Å²) in [5.41, 5.74) is 3.83. The summed E-state index contributed by atoms with van der Waals surface area (Å²) in [7, 11) is -4.20. The molecule has 3 fully saturated rings. The van der Waals surface area contributed by atoms with E-state index in [1.807, 2.05) is 5.01 Å². The number of sulfonamides is 1. The van der Waals surface area contributed by atoms with Crippen molar-refractivity contribution in [3.8, 4) is 0 Å². The van der Waals surface area contributed by atoms with Crippen LogP contribution in [0.1, 0.15) is 76.1 Å². The molecule has 4 bridgehead atoms. The molecule has 2 atom stereocenters. The predicted molar refractivity (Wildman–Crippen MR) is 157 cm³/mol. The first-order chi connectivity index (χ1) is 19.5. The minimum Gasteiger partial charge on any atom is -0.370 e. The fraction of sp³-hybridized carbons (Fsp3) is 0.621. The SMILES string of the molecule is CC1(CCOC2CCN(c3ccc4c(n3)N3C[C@@H](CCCNc5cccc(n5)S(=O)(=O)NC4=O)CC3(C)C)N2)CC1. The second-order valence-corrected chi connectivity index (χ2v) is 14.5. The highest BCUT2D eigenvalue weighted by atomic mass is 32.2. The van der Waals surface area contributed by atoms with Crippen LogP contribution in [0.25, 0.3) is 0 Å². The van der Waals surface area contributed by atoms with Gasteiger partial charge in [0, 0.05) is 38.2 Å². The van der Waals surface area contributed by atoms with Crippen LogP contribution in [-0.2, 0) is 14.8 Å². The maximum atomic E-state index is 13.6. The fourth-order valence-electron chi connectivity index (χ4n) is 6.19. The number of amides is 1. The van der Waals surface area contributed by atoms with Crippen LogP contribution in [0.15, 0.2) is 35.4 Å². The average molecular weight is 584 g/mol. The zero-order chi connectivity index (χ0) is 28.8. The second kappa shape index (κ2) is 10.7. The molecule has 1 saturated carbocycles. The third-order valence-corrected chi connectivity index (χ3v) is 10.2. The van der Waals surface area contributed by atoms with E-state index in [1.54, 1.807) is 24.3 Å². The molecule has 2 aromatic heterocycles. The van der Waals surface area contributed by atoms with Gasteiger partial charge in [-0.1, -0.05) is 13.0 Å². The van der Waals surface area contributed by atoms with Crippen LogP contribution in [0.3, 0.4) is 0 Å². The molecule has 4 aliphatic rings. The molecule has 41 heavy (non-hydrogen) atoms. The molecular formula is C29H41N7O4S. The molecule has 2 saturated heterocycles. The van der Waals surface area contributed by atoms with Gasteiger partial charge in [-0.25, -0.2) is 20.1 Å². The fourth-order valence-corrected chi connectivity index (χ4v) is 7.12. The monoisotopic (exact) mass is 583 g/mol. The summed E-state index contributed by atoms with van der Waals surface area (Å²) in [4.78, 5) is 25.0. The van der Waals surface area contributed by atoms with Gasteiger partial charge in [0.1, 0.15) is 23.7 Å². The molecule has 0 radical (unpaired) electrons. The molecule has 0 aromatic carbocycles. The molecule has 3 N–H and O–H groups in total. The van der Waals surface area contributed by atoms with Gasteiger partial charge in [0.2, 0.25) is 0 Å². The molecule has 5 heterocycles. The summed E-state index contributed by atoms with van der Waals surface area (Å²) >= 11 is 0. The van der Waals surface area contributed by atoms with Gasteiger partial charge in [-0.05, 0) is 88.0 Å². The van der Waals surface area contributed by atoms with Crippen molar-refractivity contribution < 1.29 is 17.9 Å². The van der Waals surface area contributed by atoms with Crippen molar-refractivity contribution in [1.82, 2.24) is 20.1 Å². The Bertz CT molecular complexity index is 1410. The second-order valence-electron chi connectivity index (χ2n) is 12.9. The van der Waals surface area contributed by atoms with E-state index < -0.39 is 15.9 Å². The van der Waals surface area contributed by atoms with E-state index in [2.05, 4.69) is 46.1 Å². The molecule has 1 amide bonds. The largest absolute Gasteiger partial charge is 0.370 e. The number of fused-ring (bicyclic) bond motifs is 6. The smallest absolute Gasteiger partial charge is 0.281 e. The van der Waals surface area contributed by atoms with Crippen molar-refractivity contribution in [2.24, 2.45) is 11.3 Å². The van der Waals surface area contributed by atoms with Gasteiger partial charge in [-0.15, -0.1) is 0 Å². The first kappa shape index (κ1) is 28.2. The Morgan fingerprint density at radius 3 is 2.73 bits per heavy atom. The lowest BCUT2D eigenvalue weighted by Crippen LogP contribution is -2.42. The van der Waals surface area contributed by atoms with Gasteiger partial charge in [0.15, 0.2) is 5.03 Å². The number of nitrogens with zero attached hydrogens (tertiary/aromatic N) is 4. The number of rotatable bonds is 5. The van der Waals surface area contributed by atoms with Crippen LogP contribution in [0, 0.1) is 11.3 Å². The zero-order valence-corrected chi connectivity index (χ0v) is 25.0. The number of nitrogens with one attached hydrogen (secondary N) is 3. The van der Waals surface area contributed by atoms with Gasteiger partial charge in [0.25, 0.3) is 15.9 Å².